The van der Waals surface area contributed by atoms with Gasteiger partial charge in [0.1, 0.15) is 18.1 Å². The second-order valence-corrected chi connectivity index (χ2v) is 10.9. The van der Waals surface area contributed by atoms with E-state index in [9.17, 15) is 9.59 Å². The number of rotatable bonds is 3. The first kappa shape index (κ1) is 27.3. The number of nitrogens with zero attached hydrogens (tertiary/aromatic N) is 2. The van der Waals surface area contributed by atoms with Crippen LogP contribution in [0.15, 0.2) is 65.1 Å². The average molecular weight is 551 g/mol. The van der Waals surface area contributed by atoms with Crippen molar-refractivity contribution in [2.24, 2.45) is 0 Å². The van der Waals surface area contributed by atoms with Gasteiger partial charge in [-0.1, -0.05) is 29.8 Å². The Bertz CT molecular complexity index is 1300. The van der Waals surface area contributed by atoms with Crippen LogP contribution in [0.3, 0.4) is 0 Å². The van der Waals surface area contributed by atoms with Gasteiger partial charge in [-0.3, -0.25) is 9.59 Å². The van der Waals surface area contributed by atoms with E-state index in [0.29, 0.717) is 36.9 Å². The predicted molar refractivity (Wildman–Crippen MR) is 150 cm³/mol. The molecule has 3 aromatic rings. The number of furan rings is 1. The van der Waals surface area contributed by atoms with Crippen LogP contribution in [-0.2, 0) is 16.0 Å². The lowest BCUT2D eigenvalue weighted by Crippen LogP contribution is -2.63. The molecule has 0 N–H and O–H groups in total. The highest BCUT2D eigenvalue weighted by Gasteiger charge is 2.47. The van der Waals surface area contributed by atoms with Crippen molar-refractivity contribution >= 4 is 23.4 Å². The number of aryl methyl sites for hydroxylation is 1. The van der Waals surface area contributed by atoms with Crippen LogP contribution in [0.4, 0.5) is 0 Å². The Morgan fingerprint density at radius 2 is 1.77 bits per heavy atom. The second-order valence-electron chi connectivity index (χ2n) is 10.5. The summed E-state index contributed by atoms with van der Waals surface area (Å²) in [6.45, 7) is 5.68. The smallest absolute Gasteiger partial charge is 0.289 e. The minimum atomic E-state index is -1.11. The SMILES string of the molecule is CC(C)N1CCOc2ccccc2CCCCC2(CN(C(=O)c3ccc(-c4ccc(Cl)cc4)o3)CCO2)C1=O. The van der Waals surface area contributed by atoms with Gasteiger partial charge in [-0.05, 0) is 87.6 Å². The number of carbonyl (C=O) groups excluding carboxylic acids is 2. The predicted octanol–water partition coefficient (Wildman–Crippen LogP) is 5.85. The van der Waals surface area contributed by atoms with Gasteiger partial charge in [0, 0.05) is 23.2 Å². The van der Waals surface area contributed by atoms with E-state index in [1.165, 1.54) is 5.56 Å². The maximum atomic E-state index is 14.1. The zero-order valence-corrected chi connectivity index (χ0v) is 23.3. The maximum Gasteiger partial charge on any atom is 0.289 e. The first-order chi connectivity index (χ1) is 18.9. The largest absolute Gasteiger partial charge is 0.491 e. The highest BCUT2D eigenvalue weighted by atomic mass is 35.5. The number of hydrogen-bond acceptors (Lipinski definition) is 5. The number of para-hydroxylation sites is 1. The molecule has 0 saturated carbocycles. The molecule has 1 unspecified atom stereocenters. The van der Waals surface area contributed by atoms with Crippen molar-refractivity contribution in [1.29, 1.82) is 0 Å². The quantitative estimate of drug-likeness (QED) is 0.409. The zero-order chi connectivity index (χ0) is 27.4. The number of halogens is 1. The van der Waals surface area contributed by atoms with E-state index in [2.05, 4.69) is 6.07 Å². The van der Waals surface area contributed by atoms with Gasteiger partial charge in [-0.2, -0.15) is 0 Å². The molecule has 2 amide bonds. The van der Waals surface area contributed by atoms with Gasteiger partial charge in [0.05, 0.1) is 19.7 Å². The van der Waals surface area contributed by atoms with Gasteiger partial charge in [-0.15, -0.1) is 0 Å². The molecule has 0 bridgehead atoms. The van der Waals surface area contributed by atoms with Crippen LogP contribution in [-0.4, -0.2) is 66.1 Å². The molecule has 7 nitrogen and oxygen atoms in total. The third kappa shape index (κ3) is 5.99. The van der Waals surface area contributed by atoms with Crippen molar-refractivity contribution < 1.29 is 23.5 Å². The van der Waals surface area contributed by atoms with E-state index < -0.39 is 5.60 Å². The van der Waals surface area contributed by atoms with Gasteiger partial charge in [0.2, 0.25) is 0 Å². The lowest BCUT2D eigenvalue weighted by atomic mass is 9.90. The fourth-order valence-electron chi connectivity index (χ4n) is 5.41. The molecule has 1 atom stereocenters. The van der Waals surface area contributed by atoms with Gasteiger partial charge in [-0.25, -0.2) is 0 Å². The molecule has 1 aromatic heterocycles. The van der Waals surface area contributed by atoms with Crippen LogP contribution in [0.2, 0.25) is 5.02 Å². The molecule has 1 saturated heterocycles. The standard InChI is InChI=1S/C31H35ClN2O5/c1-22(2)34-18-19-37-26-9-4-3-7-23(26)8-5-6-16-31(30(34)36)21-33(17-20-38-31)29(35)28-15-14-27(39-28)24-10-12-25(32)13-11-24/h3-4,7,9-15,22H,5-6,8,16-21H2,1-2H3. The molecule has 0 radical (unpaired) electrons. The van der Waals surface area contributed by atoms with Gasteiger partial charge < -0.3 is 23.7 Å². The topological polar surface area (TPSA) is 72.2 Å². The second kappa shape index (κ2) is 11.8. The number of benzene rings is 2. The van der Waals surface area contributed by atoms with E-state index in [1.54, 1.807) is 29.2 Å². The van der Waals surface area contributed by atoms with E-state index in [-0.39, 0.29) is 36.8 Å². The summed E-state index contributed by atoms with van der Waals surface area (Å²) < 4.78 is 18.4. The van der Waals surface area contributed by atoms with Crippen molar-refractivity contribution in [3.63, 3.8) is 0 Å². The minimum Gasteiger partial charge on any atom is -0.491 e. The van der Waals surface area contributed by atoms with Gasteiger partial charge in [0.15, 0.2) is 11.4 Å². The molecule has 8 heteroatoms. The third-order valence-corrected chi connectivity index (χ3v) is 7.78. The molecule has 5 rings (SSSR count). The van der Waals surface area contributed by atoms with Crippen molar-refractivity contribution in [2.45, 2.75) is 51.2 Å². The van der Waals surface area contributed by atoms with Crippen molar-refractivity contribution in [2.75, 3.05) is 32.8 Å². The summed E-state index contributed by atoms with van der Waals surface area (Å²) in [5, 5.41) is 0.633. The molecule has 39 heavy (non-hydrogen) atoms. The van der Waals surface area contributed by atoms with Crippen LogP contribution >= 0.6 is 11.6 Å². The molecule has 206 valence electrons. The number of fused-ring (bicyclic) bond motifs is 1. The normalized spacial score (nSPS) is 20.8. The Balaban J connectivity index is 1.37. The Kier molecular flexibility index (Phi) is 8.29. The van der Waals surface area contributed by atoms with Crippen molar-refractivity contribution in [3.05, 3.63) is 77.0 Å². The number of ether oxygens (including phenoxy) is 2. The summed E-state index contributed by atoms with van der Waals surface area (Å²) in [4.78, 5) is 31.2. The molecule has 3 heterocycles. The third-order valence-electron chi connectivity index (χ3n) is 7.53. The van der Waals surface area contributed by atoms with Crippen LogP contribution in [0.5, 0.6) is 5.75 Å². The highest BCUT2D eigenvalue weighted by Crippen LogP contribution is 2.32. The molecular formula is C31H35ClN2O5. The highest BCUT2D eigenvalue weighted by molar-refractivity contribution is 6.30. The van der Waals surface area contributed by atoms with Crippen LogP contribution in [0.25, 0.3) is 11.3 Å². The lowest BCUT2D eigenvalue weighted by molar-refractivity contribution is -0.172. The van der Waals surface area contributed by atoms with Crippen LogP contribution in [0, 0.1) is 0 Å². The van der Waals surface area contributed by atoms with Crippen LogP contribution in [0.1, 0.15) is 49.2 Å². The van der Waals surface area contributed by atoms with Crippen molar-refractivity contribution in [3.8, 4) is 17.1 Å². The van der Waals surface area contributed by atoms with Crippen molar-refractivity contribution in [1.82, 2.24) is 9.80 Å². The Morgan fingerprint density at radius 1 is 0.974 bits per heavy atom. The Hall–Kier alpha value is -3.29. The fourth-order valence-corrected chi connectivity index (χ4v) is 5.54. The summed E-state index contributed by atoms with van der Waals surface area (Å²) in [6.07, 6.45) is 3.07. The average Bonchev–Trinajstić information content (AvgIpc) is 3.43. The summed E-state index contributed by atoms with van der Waals surface area (Å²) in [7, 11) is 0. The molecule has 1 spiro atoms. The Labute approximate surface area is 234 Å². The molecule has 0 aliphatic carbocycles. The lowest BCUT2D eigenvalue weighted by Gasteiger charge is -2.44. The fraction of sp³-hybridized carbons (Fsp3) is 0.419. The minimum absolute atomic E-state index is 0.0437. The number of morpholine rings is 1. The van der Waals surface area contributed by atoms with Gasteiger partial charge >= 0.3 is 0 Å². The monoisotopic (exact) mass is 550 g/mol. The van der Waals surface area contributed by atoms with E-state index in [1.807, 2.05) is 49.1 Å². The Morgan fingerprint density at radius 3 is 2.56 bits per heavy atom. The molecule has 1 fully saturated rings. The number of carbonyl (C=O) groups is 2. The molecular weight excluding hydrogens is 516 g/mol. The van der Waals surface area contributed by atoms with E-state index in [4.69, 9.17) is 25.5 Å². The van der Waals surface area contributed by atoms with E-state index >= 15 is 0 Å². The molecule has 2 aliphatic heterocycles. The maximum absolute atomic E-state index is 14.1. The molecule has 2 aliphatic rings. The zero-order valence-electron chi connectivity index (χ0n) is 22.5. The summed E-state index contributed by atoms with van der Waals surface area (Å²) in [5.41, 5.74) is 0.899. The summed E-state index contributed by atoms with van der Waals surface area (Å²) >= 11 is 6.01. The first-order valence-corrected chi connectivity index (χ1v) is 14.0. The van der Waals surface area contributed by atoms with Gasteiger partial charge in [0.25, 0.3) is 11.8 Å². The summed E-state index contributed by atoms with van der Waals surface area (Å²) in [5.74, 6) is 1.37. The summed E-state index contributed by atoms with van der Waals surface area (Å²) in [6, 6.07) is 18.8. The number of amides is 2. The molecule has 2 aromatic carbocycles. The van der Waals surface area contributed by atoms with Crippen LogP contribution < -0.4 is 4.74 Å². The first-order valence-electron chi connectivity index (χ1n) is 13.7. The number of hydrogen-bond donors (Lipinski definition) is 0. The van der Waals surface area contributed by atoms with E-state index in [0.717, 1.165) is 30.6 Å².